The number of carbonyl (C=O) groups is 1. The van der Waals surface area contributed by atoms with E-state index in [9.17, 15) is 4.79 Å². The summed E-state index contributed by atoms with van der Waals surface area (Å²) in [5.74, 6) is 0.0716. The number of fused-ring (bicyclic) bond motifs is 1. The van der Waals surface area contributed by atoms with Crippen molar-refractivity contribution in [3.63, 3.8) is 0 Å². The molecule has 2 aliphatic rings. The lowest BCUT2D eigenvalue weighted by Crippen LogP contribution is -2.17. The van der Waals surface area contributed by atoms with E-state index in [2.05, 4.69) is 29.1 Å². The van der Waals surface area contributed by atoms with Crippen LogP contribution in [0.2, 0.25) is 0 Å². The number of hydrogen-bond donors (Lipinski definition) is 0. The van der Waals surface area contributed by atoms with E-state index in [1.807, 2.05) is 44.3 Å². The molecule has 0 radical (unpaired) electrons. The summed E-state index contributed by atoms with van der Waals surface area (Å²) >= 11 is 0. The molecular weight excluding hydrogens is 350 g/mol. The molecule has 2 aromatic heterocycles. The summed E-state index contributed by atoms with van der Waals surface area (Å²) in [7, 11) is 1.81. The van der Waals surface area contributed by atoms with Gasteiger partial charge in [-0.3, -0.25) is 9.78 Å². The van der Waals surface area contributed by atoms with E-state index in [0.29, 0.717) is 6.54 Å². The average molecular weight is 375 g/mol. The number of hydrogen-bond acceptors (Lipinski definition) is 4. The van der Waals surface area contributed by atoms with Gasteiger partial charge in [0.1, 0.15) is 5.69 Å². The molecule has 28 heavy (non-hydrogen) atoms. The van der Waals surface area contributed by atoms with E-state index < -0.39 is 0 Å². The second kappa shape index (κ2) is 6.86. The van der Waals surface area contributed by atoms with Gasteiger partial charge in [-0.15, -0.1) is 5.10 Å². The first-order chi connectivity index (χ1) is 13.4. The van der Waals surface area contributed by atoms with E-state index in [4.69, 9.17) is 0 Å². The van der Waals surface area contributed by atoms with Crippen molar-refractivity contribution in [2.75, 3.05) is 7.05 Å². The number of rotatable bonds is 2. The van der Waals surface area contributed by atoms with E-state index in [1.165, 1.54) is 12.8 Å². The molecule has 1 aliphatic carbocycles. The molecule has 0 bridgehead atoms. The predicted octanol–water partition coefficient (Wildman–Crippen LogP) is 4.03. The minimum Gasteiger partial charge on any atom is -0.337 e. The Morgan fingerprint density at radius 3 is 2.54 bits per heavy atom. The number of aromatic nitrogens is 4. The van der Waals surface area contributed by atoms with Crippen molar-refractivity contribution in [3.8, 4) is 16.9 Å². The molecular formula is C22H25N5O. The lowest BCUT2D eigenvalue weighted by molar-refractivity contribution is 0.0816. The Kier molecular flexibility index (Phi) is 4.49. The Morgan fingerprint density at radius 1 is 1.14 bits per heavy atom. The maximum absolute atomic E-state index is 12.0. The van der Waals surface area contributed by atoms with Crippen LogP contribution in [-0.2, 0) is 6.54 Å². The average Bonchev–Trinajstić information content (AvgIpc) is 3.12. The molecule has 1 aliphatic heterocycles. The van der Waals surface area contributed by atoms with Crippen LogP contribution in [0.5, 0.6) is 0 Å². The normalized spacial score (nSPS) is 16.4. The highest BCUT2D eigenvalue weighted by atomic mass is 16.2. The van der Waals surface area contributed by atoms with Crippen LogP contribution in [0.25, 0.3) is 16.9 Å². The first kappa shape index (κ1) is 18.3. The molecule has 1 amide bonds. The first-order valence-electron chi connectivity index (χ1n) is 9.57. The van der Waals surface area contributed by atoms with Crippen LogP contribution in [0.3, 0.4) is 0 Å². The van der Waals surface area contributed by atoms with Crippen LogP contribution in [-0.4, -0.2) is 37.8 Å². The van der Waals surface area contributed by atoms with E-state index >= 15 is 0 Å². The third-order valence-electron chi connectivity index (χ3n) is 5.40. The van der Waals surface area contributed by atoms with Crippen molar-refractivity contribution in [3.05, 3.63) is 59.5 Å². The SMILES string of the molecule is CC1(C)CC1.Cc1c(-c2ccc3c(c2)CN(C)C3=O)nnn1-c1cccnc1. The lowest BCUT2D eigenvalue weighted by atomic mass is 10.0. The van der Waals surface area contributed by atoms with Gasteiger partial charge in [-0.2, -0.15) is 0 Å². The van der Waals surface area contributed by atoms with Crippen LogP contribution in [0, 0.1) is 12.3 Å². The lowest BCUT2D eigenvalue weighted by Gasteiger charge is -2.04. The molecule has 1 fully saturated rings. The molecule has 5 rings (SSSR count). The fourth-order valence-corrected chi connectivity index (χ4v) is 3.18. The van der Waals surface area contributed by atoms with Gasteiger partial charge >= 0.3 is 0 Å². The van der Waals surface area contributed by atoms with Crippen molar-refractivity contribution in [1.29, 1.82) is 0 Å². The summed E-state index contributed by atoms with van der Waals surface area (Å²) < 4.78 is 1.77. The minimum absolute atomic E-state index is 0.0716. The number of nitrogens with zero attached hydrogens (tertiary/aromatic N) is 5. The van der Waals surface area contributed by atoms with Gasteiger partial charge in [0.15, 0.2) is 0 Å². The molecule has 1 saturated carbocycles. The number of amides is 1. The number of benzene rings is 1. The van der Waals surface area contributed by atoms with E-state index in [1.54, 1.807) is 22.0 Å². The van der Waals surface area contributed by atoms with Gasteiger partial charge < -0.3 is 4.90 Å². The molecule has 0 N–H and O–H groups in total. The highest BCUT2D eigenvalue weighted by Crippen LogP contribution is 2.43. The molecule has 6 nitrogen and oxygen atoms in total. The number of pyridine rings is 1. The molecule has 1 aromatic carbocycles. The fourth-order valence-electron chi connectivity index (χ4n) is 3.18. The quantitative estimate of drug-likeness (QED) is 0.678. The maximum atomic E-state index is 12.0. The van der Waals surface area contributed by atoms with E-state index in [-0.39, 0.29) is 5.91 Å². The monoisotopic (exact) mass is 375 g/mol. The molecule has 0 unspecified atom stereocenters. The molecule has 3 heterocycles. The Labute approximate surface area is 165 Å². The topological polar surface area (TPSA) is 63.9 Å². The van der Waals surface area contributed by atoms with Crippen LogP contribution >= 0.6 is 0 Å². The van der Waals surface area contributed by atoms with Crippen LogP contribution in [0.1, 0.15) is 48.3 Å². The molecule has 3 aromatic rings. The van der Waals surface area contributed by atoms with Gasteiger partial charge in [0.05, 0.1) is 17.6 Å². The van der Waals surface area contributed by atoms with Crippen molar-refractivity contribution in [1.82, 2.24) is 24.9 Å². The first-order valence-corrected chi connectivity index (χ1v) is 9.57. The molecule has 144 valence electrons. The van der Waals surface area contributed by atoms with Crippen LogP contribution < -0.4 is 0 Å². The zero-order chi connectivity index (χ0) is 19.9. The largest absolute Gasteiger partial charge is 0.337 e. The third-order valence-corrected chi connectivity index (χ3v) is 5.40. The van der Waals surface area contributed by atoms with Gasteiger partial charge in [0.2, 0.25) is 0 Å². The van der Waals surface area contributed by atoms with Crippen molar-refractivity contribution in [2.45, 2.75) is 40.2 Å². The summed E-state index contributed by atoms with van der Waals surface area (Å²) in [5.41, 5.74) is 6.16. The summed E-state index contributed by atoms with van der Waals surface area (Å²) in [5, 5.41) is 8.55. The highest BCUT2D eigenvalue weighted by molar-refractivity contribution is 5.98. The smallest absolute Gasteiger partial charge is 0.254 e. The standard InChI is InChI=1S/C17H15N5O.C5H10/c1-11-16(19-20-22(11)14-4-3-7-18-9-14)12-5-6-15-13(8-12)10-21(2)17(15)23;1-5(2)3-4-5/h3-9H,10H2,1-2H3;3-4H2,1-2H3. The third kappa shape index (κ3) is 3.54. The van der Waals surface area contributed by atoms with Gasteiger partial charge in [-0.25, -0.2) is 4.68 Å². The molecule has 6 heteroatoms. The summed E-state index contributed by atoms with van der Waals surface area (Å²) in [4.78, 5) is 17.8. The van der Waals surface area contributed by atoms with Crippen molar-refractivity contribution in [2.24, 2.45) is 5.41 Å². The summed E-state index contributed by atoms with van der Waals surface area (Å²) in [6.45, 7) is 7.21. The van der Waals surface area contributed by atoms with Gasteiger partial charge in [0.25, 0.3) is 5.91 Å². The fraction of sp³-hybridized carbons (Fsp3) is 0.364. The van der Waals surface area contributed by atoms with Gasteiger partial charge in [-0.05, 0) is 55.0 Å². The van der Waals surface area contributed by atoms with Crippen molar-refractivity contribution < 1.29 is 4.79 Å². The Morgan fingerprint density at radius 2 is 1.89 bits per heavy atom. The maximum Gasteiger partial charge on any atom is 0.254 e. The summed E-state index contributed by atoms with van der Waals surface area (Å²) in [6, 6.07) is 9.64. The summed E-state index contributed by atoms with van der Waals surface area (Å²) in [6.07, 6.45) is 6.38. The second-order valence-electron chi connectivity index (χ2n) is 8.34. The van der Waals surface area contributed by atoms with Crippen LogP contribution in [0.15, 0.2) is 42.7 Å². The van der Waals surface area contributed by atoms with Gasteiger partial charge in [0, 0.05) is 30.9 Å². The van der Waals surface area contributed by atoms with Gasteiger partial charge in [-0.1, -0.05) is 25.1 Å². The highest BCUT2D eigenvalue weighted by Gasteiger charge is 2.30. The predicted molar refractivity (Wildman–Crippen MR) is 108 cm³/mol. The number of carbonyl (C=O) groups excluding carboxylic acids is 1. The van der Waals surface area contributed by atoms with Crippen LogP contribution in [0.4, 0.5) is 0 Å². The zero-order valence-corrected chi connectivity index (χ0v) is 16.8. The Hall–Kier alpha value is -3.02. The Balaban J connectivity index is 0.000000336. The Bertz CT molecular complexity index is 1020. The molecule has 0 saturated heterocycles. The molecule has 0 spiro atoms. The van der Waals surface area contributed by atoms with E-state index in [0.717, 1.165) is 39.2 Å². The molecule has 0 atom stereocenters. The zero-order valence-electron chi connectivity index (χ0n) is 16.8. The minimum atomic E-state index is 0.0716. The second-order valence-corrected chi connectivity index (χ2v) is 8.34. The van der Waals surface area contributed by atoms with Crippen molar-refractivity contribution >= 4 is 5.91 Å².